The van der Waals surface area contributed by atoms with Crippen molar-refractivity contribution >= 4 is 5.96 Å². The predicted octanol–water partition coefficient (Wildman–Crippen LogP) is 1.93. The Bertz CT molecular complexity index is 297. The predicted molar refractivity (Wildman–Crippen MR) is 76.9 cm³/mol. The van der Waals surface area contributed by atoms with Gasteiger partial charge in [-0.25, -0.2) is 0 Å². The summed E-state index contributed by atoms with van der Waals surface area (Å²) >= 11 is 0. The van der Waals surface area contributed by atoms with Crippen LogP contribution in [-0.4, -0.2) is 38.8 Å². The maximum Gasteiger partial charge on any atom is 0.191 e. The first-order valence-corrected chi connectivity index (χ1v) is 6.62. The quantitative estimate of drug-likeness (QED) is 0.457. The van der Waals surface area contributed by atoms with Gasteiger partial charge in [-0.1, -0.05) is 32.9 Å². The van der Waals surface area contributed by atoms with Gasteiger partial charge < -0.3 is 15.4 Å². The van der Waals surface area contributed by atoms with Crippen LogP contribution >= 0.6 is 0 Å². The number of hydrogen-bond donors (Lipinski definition) is 2. The third-order valence-electron chi connectivity index (χ3n) is 3.28. The fraction of sp³-hybridized carbons (Fsp3) is 0.786. The van der Waals surface area contributed by atoms with Crippen molar-refractivity contribution in [1.29, 1.82) is 0 Å². The van der Waals surface area contributed by atoms with E-state index in [0.717, 1.165) is 25.3 Å². The lowest BCUT2D eigenvalue weighted by Gasteiger charge is -2.30. The zero-order valence-corrected chi connectivity index (χ0v) is 12.3. The second-order valence-corrected chi connectivity index (χ2v) is 5.83. The molecule has 1 atom stereocenters. The van der Waals surface area contributed by atoms with Gasteiger partial charge in [0.15, 0.2) is 5.96 Å². The van der Waals surface area contributed by atoms with E-state index in [-0.39, 0.29) is 11.5 Å². The van der Waals surface area contributed by atoms with E-state index < -0.39 is 0 Å². The second kappa shape index (κ2) is 6.78. The number of ether oxygens (including phenoxy) is 1. The highest BCUT2D eigenvalue weighted by atomic mass is 16.5. The molecule has 0 aromatic rings. The van der Waals surface area contributed by atoms with Crippen LogP contribution in [0.5, 0.6) is 0 Å². The molecule has 0 amide bonds. The number of nitrogens with zero attached hydrogens (tertiary/aromatic N) is 1. The largest absolute Gasteiger partial charge is 0.379 e. The van der Waals surface area contributed by atoms with Crippen molar-refractivity contribution < 1.29 is 4.74 Å². The summed E-state index contributed by atoms with van der Waals surface area (Å²) < 4.78 is 5.52. The molecule has 1 aliphatic carbocycles. The average Bonchev–Trinajstić information content (AvgIpc) is 2.79. The van der Waals surface area contributed by atoms with Crippen LogP contribution in [-0.2, 0) is 4.74 Å². The number of rotatable bonds is 4. The minimum Gasteiger partial charge on any atom is -0.379 e. The molecule has 4 nitrogen and oxygen atoms in total. The summed E-state index contributed by atoms with van der Waals surface area (Å²) in [5.74, 6) is 0.856. The SMILES string of the molecule is CN=C(NCC(OC)C(C)(C)C)NC1CC=CC1. The van der Waals surface area contributed by atoms with Crippen molar-refractivity contribution in [3.05, 3.63) is 12.2 Å². The second-order valence-electron chi connectivity index (χ2n) is 5.83. The molecule has 0 bridgehead atoms. The van der Waals surface area contributed by atoms with Crippen LogP contribution in [0.2, 0.25) is 0 Å². The van der Waals surface area contributed by atoms with Gasteiger partial charge in [-0.2, -0.15) is 0 Å². The van der Waals surface area contributed by atoms with E-state index in [9.17, 15) is 0 Å². The third kappa shape index (κ3) is 4.69. The molecule has 0 spiro atoms. The summed E-state index contributed by atoms with van der Waals surface area (Å²) in [6.45, 7) is 7.31. The Hall–Kier alpha value is -1.03. The van der Waals surface area contributed by atoms with E-state index in [1.165, 1.54) is 0 Å². The van der Waals surface area contributed by atoms with Gasteiger partial charge in [-0.15, -0.1) is 0 Å². The summed E-state index contributed by atoms with van der Waals surface area (Å²) in [6, 6.07) is 0.479. The van der Waals surface area contributed by atoms with Gasteiger partial charge in [-0.05, 0) is 18.3 Å². The Kier molecular flexibility index (Phi) is 5.66. The molecule has 0 aromatic heterocycles. The lowest BCUT2D eigenvalue weighted by atomic mass is 9.89. The van der Waals surface area contributed by atoms with Gasteiger partial charge in [0.05, 0.1) is 6.10 Å². The standard InChI is InChI=1S/C14H27N3O/c1-14(2,3)12(18-5)10-16-13(15-4)17-11-8-6-7-9-11/h6-7,11-12H,8-10H2,1-5H3,(H2,15,16,17). The summed E-state index contributed by atoms with van der Waals surface area (Å²) in [6.07, 6.45) is 6.73. The topological polar surface area (TPSA) is 45.7 Å². The normalized spacial score (nSPS) is 19.1. The molecule has 104 valence electrons. The molecule has 0 aromatic carbocycles. The van der Waals surface area contributed by atoms with Crippen molar-refractivity contribution in [2.45, 2.75) is 45.8 Å². The van der Waals surface area contributed by atoms with Crippen molar-refractivity contribution in [2.75, 3.05) is 20.7 Å². The van der Waals surface area contributed by atoms with E-state index in [4.69, 9.17) is 4.74 Å². The fourth-order valence-corrected chi connectivity index (χ4v) is 2.06. The summed E-state index contributed by atoms with van der Waals surface area (Å²) in [4.78, 5) is 4.25. The van der Waals surface area contributed by atoms with E-state index in [1.807, 2.05) is 0 Å². The number of nitrogens with one attached hydrogen (secondary N) is 2. The van der Waals surface area contributed by atoms with Crippen LogP contribution in [0.3, 0.4) is 0 Å². The number of guanidine groups is 1. The highest BCUT2D eigenvalue weighted by molar-refractivity contribution is 5.80. The highest BCUT2D eigenvalue weighted by Gasteiger charge is 2.24. The maximum atomic E-state index is 5.52. The van der Waals surface area contributed by atoms with Gasteiger partial charge in [0.1, 0.15) is 0 Å². The molecule has 1 rings (SSSR count). The minimum absolute atomic E-state index is 0.121. The van der Waals surface area contributed by atoms with Crippen LogP contribution in [0.1, 0.15) is 33.6 Å². The molecule has 0 saturated carbocycles. The first kappa shape index (κ1) is 15.0. The fourth-order valence-electron chi connectivity index (χ4n) is 2.06. The number of aliphatic imine (C=N–C) groups is 1. The average molecular weight is 253 g/mol. The molecule has 0 fully saturated rings. The molecule has 0 heterocycles. The molecule has 4 heteroatoms. The highest BCUT2D eigenvalue weighted by Crippen LogP contribution is 2.20. The third-order valence-corrected chi connectivity index (χ3v) is 3.28. The summed E-state index contributed by atoms with van der Waals surface area (Å²) in [5, 5.41) is 6.76. The molecular formula is C14H27N3O. The van der Waals surface area contributed by atoms with Crippen molar-refractivity contribution in [3.8, 4) is 0 Å². The Labute approximate surface area is 111 Å². The first-order chi connectivity index (χ1) is 8.47. The summed E-state index contributed by atoms with van der Waals surface area (Å²) in [5.41, 5.74) is 0.121. The van der Waals surface area contributed by atoms with Gasteiger partial charge in [0, 0.05) is 26.7 Å². The van der Waals surface area contributed by atoms with Crippen molar-refractivity contribution in [3.63, 3.8) is 0 Å². The molecule has 1 aliphatic rings. The molecule has 18 heavy (non-hydrogen) atoms. The molecule has 0 saturated heterocycles. The number of hydrogen-bond acceptors (Lipinski definition) is 2. The van der Waals surface area contributed by atoms with Crippen LogP contribution < -0.4 is 10.6 Å². The van der Waals surface area contributed by atoms with Gasteiger partial charge in [-0.3, -0.25) is 4.99 Å². The monoisotopic (exact) mass is 253 g/mol. The Morgan fingerprint density at radius 2 is 2.00 bits per heavy atom. The lowest BCUT2D eigenvalue weighted by molar-refractivity contribution is 0.0205. The van der Waals surface area contributed by atoms with E-state index in [2.05, 4.69) is 48.5 Å². The van der Waals surface area contributed by atoms with Crippen molar-refractivity contribution in [1.82, 2.24) is 10.6 Å². The summed E-state index contributed by atoms with van der Waals surface area (Å²) in [7, 11) is 3.56. The molecule has 1 unspecified atom stereocenters. The number of methoxy groups -OCH3 is 1. The smallest absolute Gasteiger partial charge is 0.191 e. The molecule has 2 N–H and O–H groups in total. The molecular weight excluding hydrogens is 226 g/mol. The van der Waals surface area contributed by atoms with Crippen LogP contribution in [0.15, 0.2) is 17.1 Å². The minimum atomic E-state index is 0.121. The molecule has 0 radical (unpaired) electrons. The Morgan fingerprint density at radius 1 is 1.39 bits per heavy atom. The van der Waals surface area contributed by atoms with E-state index in [0.29, 0.717) is 6.04 Å². The van der Waals surface area contributed by atoms with Crippen LogP contribution in [0.25, 0.3) is 0 Å². The van der Waals surface area contributed by atoms with Gasteiger partial charge >= 0.3 is 0 Å². The first-order valence-electron chi connectivity index (χ1n) is 6.62. The van der Waals surface area contributed by atoms with Crippen LogP contribution in [0, 0.1) is 5.41 Å². The van der Waals surface area contributed by atoms with E-state index >= 15 is 0 Å². The van der Waals surface area contributed by atoms with Crippen LogP contribution in [0.4, 0.5) is 0 Å². The zero-order valence-electron chi connectivity index (χ0n) is 12.3. The maximum absolute atomic E-state index is 5.52. The Balaban J connectivity index is 2.39. The van der Waals surface area contributed by atoms with Gasteiger partial charge in [0.25, 0.3) is 0 Å². The van der Waals surface area contributed by atoms with Gasteiger partial charge in [0.2, 0.25) is 0 Å². The van der Waals surface area contributed by atoms with Crippen molar-refractivity contribution in [2.24, 2.45) is 10.4 Å². The zero-order chi connectivity index (χ0) is 13.6. The Morgan fingerprint density at radius 3 is 2.44 bits per heavy atom. The molecule has 0 aliphatic heterocycles. The van der Waals surface area contributed by atoms with E-state index in [1.54, 1.807) is 14.2 Å². The lowest BCUT2D eigenvalue weighted by Crippen LogP contribution is -2.47.